The number of phosphoric ester groups is 2. The van der Waals surface area contributed by atoms with Gasteiger partial charge < -0.3 is 33.8 Å². The van der Waals surface area contributed by atoms with Gasteiger partial charge >= 0.3 is 39.5 Å². The van der Waals surface area contributed by atoms with Gasteiger partial charge in [0.25, 0.3) is 0 Å². The van der Waals surface area contributed by atoms with Gasteiger partial charge in [0.1, 0.15) is 19.3 Å². The molecule has 99 heavy (non-hydrogen) atoms. The summed E-state index contributed by atoms with van der Waals surface area (Å²) < 4.78 is 68.5. The third-order valence-corrected chi connectivity index (χ3v) is 20.1. The van der Waals surface area contributed by atoms with Crippen LogP contribution in [0, 0.1) is 5.92 Å². The largest absolute Gasteiger partial charge is 0.472 e. The first-order valence-corrected chi connectivity index (χ1v) is 43.9. The summed E-state index contributed by atoms with van der Waals surface area (Å²) >= 11 is 0. The molecule has 0 aliphatic heterocycles. The SMILES string of the molecule is CCCCCC/C=C\C=C/CCCCCCCC(=O)O[C@H](COC(=O)CCCCCCCCC)COP(=O)(O)OC[C@H](O)COP(=O)(O)OC[C@@H](COC(=O)CCCCCCCCCCCCCCCCC(C)C)OC(=O)CCCCCCCCCCCCCCCCCCCCCC. The number of rotatable bonds is 78. The van der Waals surface area contributed by atoms with Crippen LogP contribution >= 0.6 is 15.6 Å². The van der Waals surface area contributed by atoms with Crippen molar-refractivity contribution >= 4 is 39.5 Å². The van der Waals surface area contributed by atoms with Gasteiger partial charge in [-0.25, -0.2) is 9.13 Å². The number of aliphatic hydroxyl groups is 1. The van der Waals surface area contributed by atoms with E-state index in [4.69, 9.17) is 37.0 Å². The Hall–Kier alpha value is -2.46. The Morgan fingerprint density at radius 3 is 0.828 bits per heavy atom. The van der Waals surface area contributed by atoms with Crippen LogP contribution in [0.4, 0.5) is 0 Å². The molecule has 0 aromatic rings. The summed E-state index contributed by atoms with van der Waals surface area (Å²) in [6, 6.07) is 0. The van der Waals surface area contributed by atoms with Crippen molar-refractivity contribution in [3.8, 4) is 0 Å². The van der Waals surface area contributed by atoms with Gasteiger partial charge in [-0.3, -0.25) is 37.3 Å². The molecule has 0 spiro atoms. The lowest BCUT2D eigenvalue weighted by Gasteiger charge is -2.21. The van der Waals surface area contributed by atoms with E-state index in [1.165, 1.54) is 199 Å². The lowest BCUT2D eigenvalue weighted by Crippen LogP contribution is -2.30. The van der Waals surface area contributed by atoms with Crippen molar-refractivity contribution in [2.45, 2.75) is 419 Å². The average molecular weight is 1450 g/mol. The van der Waals surface area contributed by atoms with Crippen LogP contribution in [0.25, 0.3) is 0 Å². The Balaban J connectivity index is 5.21. The van der Waals surface area contributed by atoms with Crippen LogP contribution < -0.4 is 0 Å². The first-order chi connectivity index (χ1) is 48.0. The van der Waals surface area contributed by atoms with Crippen LogP contribution in [0.3, 0.4) is 0 Å². The molecule has 19 heteroatoms. The molecule has 0 saturated carbocycles. The molecule has 3 N–H and O–H groups in total. The highest BCUT2D eigenvalue weighted by molar-refractivity contribution is 7.47. The van der Waals surface area contributed by atoms with Crippen molar-refractivity contribution in [2.75, 3.05) is 39.6 Å². The normalized spacial score (nSPS) is 14.0. The third-order valence-electron chi connectivity index (χ3n) is 18.2. The zero-order chi connectivity index (χ0) is 72.7. The van der Waals surface area contributed by atoms with E-state index in [2.05, 4.69) is 58.9 Å². The minimum atomic E-state index is -4.96. The summed E-state index contributed by atoms with van der Waals surface area (Å²) in [6.45, 7) is 7.23. The fourth-order valence-corrected chi connectivity index (χ4v) is 13.4. The summed E-state index contributed by atoms with van der Waals surface area (Å²) in [5, 5.41) is 10.6. The van der Waals surface area contributed by atoms with E-state index >= 15 is 0 Å². The summed E-state index contributed by atoms with van der Waals surface area (Å²) in [7, 11) is -9.92. The highest BCUT2D eigenvalue weighted by atomic mass is 31.2. The van der Waals surface area contributed by atoms with E-state index < -0.39 is 97.5 Å². The van der Waals surface area contributed by atoms with Crippen molar-refractivity contribution in [3.05, 3.63) is 24.3 Å². The Morgan fingerprint density at radius 2 is 0.545 bits per heavy atom. The molecule has 0 heterocycles. The number of carbonyl (C=O) groups is 4. The lowest BCUT2D eigenvalue weighted by molar-refractivity contribution is -0.161. The van der Waals surface area contributed by atoms with E-state index in [1.807, 2.05) is 0 Å². The topological polar surface area (TPSA) is 237 Å². The second kappa shape index (κ2) is 72.5. The maximum atomic E-state index is 13.1. The summed E-state index contributed by atoms with van der Waals surface area (Å²) in [4.78, 5) is 72.8. The van der Waals surface area contributed by atoms with E-state index in [0.29, 0.717) is 25.7 Å². The first-order valence-electron chi connectivity index (χ1n) is 41.0. The van der Waals surface area contributed by atoms with Gasteiger partial charge in [0.2, 0.25) is 0 Å². The summed E-state index contributed by atoms with van der Waals surface area (Å²) in [6.07, 6.45) is 66.2. The Kier molecular flexibility index (Phi) is 70.7. The molecule has 0 amide bonds. The van der Waals surface area contributed by atoms with E-state index in [-0.39, 0.29) is 25.7 Å². The van der Waals surface area contributed by atoms with Crippen LogP contribution in [0.15, 0.2) is 24.3 Å². The molecule has 0 fully saturated rings. The second-order valence-electron chi connectivity index (χ2n) is 28.6. The van der Waals surface area contributed by atoms with Gasteiger partial charge in [0.15, 0.2) is 12.2 Å². The molecule has 5 atom stereocenters. The lowest BCUT2D eigenvalue weighted by atomic mass is 10.0. The zero-order valence-electron chi connectivity index (χ0n) is 64.1. The van der Waals surface area contributed by atoms with Crippen molar-refractivity contribution in [1.82, 2.24) is 0 Å². The molecular weight excluding hydrogens is 1290 g/mol. The Morgan fingerprint density at radius 1 is 0.313 bits per heavy atom. The van der Waals surface area contributed by atoms with Crippen LogP contribution in [0.5, 0.6) is 0 Å². The van der Waals surface area contributed by atoms with Crippen LogP contribution in [0.2, 0.25) is 0 Å². The minimum Gasteiger partial charge on any atom is -0.462 e. The number of ether oxygens (including phenoxy) is 4. The molecule has 0 bridgehead atoms. The highest BCUT2D eigenvalue weighted by Crippen LogP contribution is 2.45. The van der Waals surface area contributed by atoms with Gasteiger partial charge in [-0.1, -0.05) is 348 Å². The van der Waals surface area contributed by atoms with Crippen LogP contribution in [-0.2, 0) is 65.4 Å². The number of allylic oxidation sites excluding steroid dienone is 4. The number of unbranched alkanes of at least 4 members (excludes halogenated alkanes) is 47. The molecule has 0 aromatic heterocycles. The van der Waals surface area contributed by atoms with E-state index in [9.17, 15) is 43.2 Å². The molecule has 0 aliphatic rings. The molecule has 0 saturated heterocycles. The van der Waals surface area contributed by atoms with Crippen molar-refractivity contribution in [3.63, 3.8) is 0 Å². The smallest absolute Gasteiger partial charge is 0.462 e. The van der Waals surface area contributed by atoms with Gasteiger partial charge in [0, 0.05) is 25.7 Å². The Bertz CT molecular complexity index is 1990. The maximum Gasteiger partial charge on any atom is 0.472 e. The fourth-order valence-electron chi connectivity index (χ4n) is 11.9. The Labute approximate surface area is 605 Å². The quantitative estimate of drug-likeness (QED) is 0.0169. The molecule has 0 aromatic carbocycles. The van der Waals surface area contributed by atoms with Crippen LogP contribution in [-0.4, -0.2) is 96.7 Å². The van der Waals surface area contributed by atoms with Crippen LogP contribution in [0.1, 0.15) is 401 Å². The molecule has 2 unspecified atom stereocenters. The number of hydrogen-bond donors (Lipinski definition) is 3. The van der Waals surface area contributed by atoms with Crippen molar-refractivity contribution in [1.29, 1.82) is 0 Å². The minimum absolute atomic E-state index is 0.0850. The predicted octanol–water partition coefficient (Wildman–Crippen LogP) is 23.6. The number of aliphatic hydroxyl groups excluding tert-OH is 1. The number of carbonyl (C=O) groups excluding carboxylic acids is 4. The third kappa shape index (κ3) is 73.6. The second-order valence-corrected chi connectivity index (χ2v) is 31.5. The summed E-state index contributed by atoms with van der Waals surface area (Å²) in [5.74, 6) is -1.35. The monoisotopic (exact) mass is 1450 g/mol. The van der Waals surface area contributed by atoms with E-state index in [1.54, 1.807) is 0 Å². The fraction of sp³-hybridized carbons (Fsp3) is 0.900. The maximum absolute atomic E-state index is 13.1. The molecule has 0 rings (SSSR count). The van der Waals surface area contributed by atoms with Crippen molar-refractivity contribution < 1.29 is 80.2 Å². The number of esters is 4. The molecular formula is C80H152O17P2. The highest BCUT2D eigenvalue weighted by Gasteiger charge is 2.30. The predicted molar refractivity (Wildman–Crippen MR) is 404 cm³/mol. The summed E-state index contributed by atoms with van der Waals surface area (Å²) in [5.41, 5.74) is 0. The molecule has 0 aliphatic carbocycles. The van der Waals surface area contributed by atoms with Crippen molar-refractivity contribution in [2.24, 2.45) is 5.92 Å². The van der Waals surface area contributed by atoms with Gasteiger partial charge in [0.05, 0.1) is 26.4 Å². The number of hydrogen-bond acceptors (Lipinski definition) is 15. The van der Waals surface area contributed by atoms with Gasteiger partial charge in [-0.2, -0.15) is 0 Å². The first kappa shape index (κ1) is 96.5. The zero-order valence-corrected chi connectivity index (χ0v) is 65.9. The molecule has 0 radical (unpaired) electrons. The van der Waals surface area contributed by atoms with E-state index in [0.717, 1.165) is 121 Å². The number of phosphoric acid groups is 2. The standard InChI is InChI=1S/C80H152O17P2/c1-6-9-12-15-18-20-22-24-26-27-28-29-30-32-38-42-46-51-56-61-66-80(85)97-76(70-91-78(83)64-59-54-49-44-40-36-34-33-35-39-43-48-52-57-62-73(4)5)72-95-99(88,89)93-68-74(81)67-92-98(86,87)94-71-75(69-90-77(82)63-58-53-47-17-14-11-8-3)96-79(84)65-60-55-50-45-41-37-31-25-23-21-19-16-13-10-7-2/h21,23,25,31,73-76,81H,6-20,22,24,26-30,32-72H2,1-5H3,(H,86,87)(H,88,89)/b23-21-,31-25-/t74-,75+,76+/m0/s1. The average Bonchev–Trinajstić information content (AvgIpc) is 1.54. The van der Waals surface area contributed by atoms with Gasteiger partial charge in [-0.05, 0) is 57.3 Å². The molecule has 584 valence electrons. The van der Waals surface area contributed by atoms with Gasteiger partial charge in [-0.15, -0.1) is 0 Å². The molecule has 17 nitrogen and oxygen atoms in total.